The van der Waals surface area contributed by atoms with E-state index >= 15 is 0 Å². The molecule has 1 N–H and O–H groups in total. The highest BCUT2D eigenvalue weighted by Gasteiger charge is 2.38. The van der Waals surface area contributed by atoms with E-state index in [2.05, 4.69) is 44.0 Å². The molecule has 2 aliphatic rings. The van der Waals surface area contributed by atoms with Crippen LogP contribution in [0.4, 0.5) is 0 Å². The summed E-state index contributed by atoms with van der Waals surface area (Å²) in [4.78, 5) is 2.65. The second kappa shape index (κ2) is 9.02. The van der Waals surface area contributed by atoms with Crippen molar-refractivity contribution >= 4 is 11.6 Å². The predicted octanol–water partition coefficient (Wildman–Crippen LogP) is 4.27. The Hall–Kier alpha value is -0.0900. The first-order valence-corrected chi connectivity index (χ1v) is 10.0. The number of piperidine rings is 1. The highest BCUT2D eigenvalue weighted by atomic mass is 35.5. The number of likely N-dealkylation sites (tertiary alicyclic amines) is 1. The normalized spacial score (nSPS) is 29.5. The van der Waals surface area contributed by atoms with Gasteiger partial charge in [0.1, 0.15) is 0 Å². The van der Waals surface area contributed by atoms with Crippen LogP contribution in [0.2, 0.25) is 0 Å². The van der Waals surface area contributed by atoms with Crippen LogP contribution in [-0.4, -0.2) is 49.8 Å². The Kier molecular flexibility index (Phi) is 7.60. The lowest BCUT2D eigenvalue weighted by Gasteiger charge is -2.47. The number of alkyl halides is 1. The molecule has 4 heteroatoms. The second-order valence-corrected chi connectivity index (χ2v) is 9.32. The quantitative estimate of drug-likeness (QED) is 0.419. The van der Waals surface area contributed by atoms with Gasteiger partial charge in [0, 0.05) is 31.6 Å². The predicted molar refractivity (Wildman–Crippen MR) is 104 cm³/mol. The van der Waals surface area contributed by atoms with Crippen LogP contribution in [0.25, 0.3) is 0 Å². The number of halogens is 1. The molecule has 0 aromatic heterocycles. The summed E-state index contributed by atoms with van der Waals surface area (Å²) in [6.45, 7) is 13.6. The van der Waals surface area contributed by atoms with E-state index in [0.29, 0.717) is 29.5 Å². The molecule has 1 aliphatic heterocycles. The van der Waals surface area contributed by atoms with Gasteiger partial charge in [0.05, 0.1) is 6.73 Å². The lowest BCUT2D eigenvalue weighted by Crippen LogP contribution is -2.52. The van der Waals surface area contributed by atoms with E-state index in [0.717, 1.165) is 25.3 Å². The molecule has 0 amide bonds. The van der Waals surface area contributed by atoms with E-state index in [1.165, 1.54) is 25.9 Å². The minimum Gasteiger partial charge on any atom is -0.370 e. The highest BCUT2D eigenvalue weighted by Crippen LogP contribution is 2.43. The zero-order chi connectivity index (χ0) is 17.7. The molecule has 0 radical (unpaired) electrons. The largest absolute Gasteiger partial charge is 0.370 e. The molecule has 2 rings (SSSR count). The lowest BCUT2D eigenvalue weighted by atomic mass is 9.68. The minimum atomic E-state index is 0.339. The fraction of sp³-hybridized carbons (Fsp3) is 0.900. The smallest absolute Gasteiger partial charge is 0.0964 e. The van der Waals surface area contributed by atoms with E-state index in [-0.39, 0.29) is 0 Å². The van der Waals surface area contributed by atoms with Crippen molar-refractivity contribution in [2.75, 3.05) is 33.5 Å². The third-order valence-electron chi connectivity index (χ3n) is 5.89. The highest BCUT2D eigenvalue weighted by molar-refractivity contribution is 6.20. The lowest BCUT2D eigenvalue weighted by molar-refractivity contribution is 0.0538. The number of methoxy groups -OCH3 is 1. The van der Waals surface area contributed by atoms with Crippen molar-refractivity contribution in [3.05, 3.63) is 11.6 Å². The summed E-state index contributed by atoms with van der Waals surface area (Å²) >= 11 is 6.27. The molecule has 3 nitrogen and oxygen atoms in total. The minimum absolute atomic E-state index is 0.339. The van der Waals surface area contributed by atoms with Crippen molar-refractivity contribution in [3.8, 4) is 0 Å². The molecule has 140 valence electrons. The van der Waals surface area contributed by atoms with Crippen molar-refractivity contribution < 1.29 is 4.74 Å². The average molecular weight is 357 g/mol. The van der Waals surface area contributed by atoms with E-state index in [4.69, 9.17) is 16.3 Å². The zero-order valence-electron chi connectivity index (χ0n) is 16.3. The summed E-state index contributed by atoms with van der Waals surface area (Å²) in [5.41, 5.74) is 2.01. The van der Waals surface area contributed by atoms with Gasteiger partial charge < -0.3 is 9.64 Å². The standard InChI is InChI=1S/C20H37ClN2O/c1-15(2)19(22-14-24-5)12-23-11-10-18(20(3,4)13-23)16-6-8-17(21)9-7-16/h6,15,17-19,22H,7-14H2,1-5H3/t17?,18-,19+/m1/s1. The Morgan fingerprint density at radius 1 is 1.38 bits per heavy atom. The third-order valence-corrected chi connectivity index (χ3v) is 6.28. The van der Waals surface area contributed by atoms with Crippen molar-refractivity contribution in [1.82, 2.24) is 10.2 Å². The van der Waals surface area contributed by atoms with Crippen LogP contribution in [0, 0.1) is 17.3 Å². The van der Waals surface area contributed by atoms with Crippen LogP contribution in [0.3, 0.4) is 0 Å². The zero-order valence-corrected chi connectivity index (χ0v) is 17.0. The average Bonchev–Trinajstić information content (AvgIpc) is 2.51. The van der Waals surface area contributed by atoms with Gasteiger partial charge in [-0.3, -0.25) is 5.32 Å². The number of ether oxygens (including phenoxy) is 1. The Morgan fingerprint density at radius 2 is 2.12 bits per heavy atom. The van der Waals surface area contributed by atoms with Crippen LogP contribution in [0.15, 0.2) is 11.6 Å². The number of nitrogens with zero attached hydrogens (tertiary/aromatic N) is 1. The van der Waals surface area contributed by atoms with Crippen LogP contribution in [-0.2, 0) is 4.74 Å². The van der Waals surface area contributed by atoms with Gasteiger partial charge in [-0.1, -0.05) is 39.3 Å². The fourth-order valence-corrected chi connectivity index (χ4v) is 4.63. The summed E-state index contributed by atoms with van der Waals surface area (Å²) in [6.07, 6.45) is 7.14. The van der Waals surface area contributed by atoms with Crippen LogP contribution < -0.4 is 5.32 Å². The maximum absolute atomic E-state index is 6.27. The molecule has 0 saturated carbocycles. The van der Waals surface area contributed by atoms with Gasteiger partial charge >= 0.3 is 0 Å². The van der Waals surface area contributed by atoms with Gasteiger partial charge in [-0.15, -0.1) is 11.6 Å². The number of hydrogen-bond acceptors (Lipinski definition) is 3. The van der Waals surface area contributed by atoms with E-state index in [9.17, 15) is 0 Å². The van der Waals surface area contributed by atoms with E-state index < -0.39 is 0 Å². The molecule has 1 aliphatic carbocycles. The molecule has 0 spiro atoms. The molecule has 0 aromatic carbocycles. The molecule has 24 heavy (non-hydrogen) atoms. The third kappa shape index (κ3) is 5.45. The Bertz CT molecular complexity index is 422. The monoisotopic (exact) mass is 356 g/mol. The summed E-state index contributed by atoms with van der Waals surface area (Å²) in [6, 6.07) is 0.489. The molecule has 0 aromatic rings. The molecule has 0 bridgehead atoms. The fourth-order valence-electron chi connectivity index (χ4n) is 4.43. The second-order valence-electron chi connectivity index (χ2n) is 8.70. The van der Waals surface area contributed by atoms with Crippen molar-refractivity contribution in [2.24, 2.45) is 17.3 Å². The molecule has 1 fully saturated rings. The van der Waals surface area contributed by atoms with Gasteiger partial charge in [-0.25, -0.2) is 0 Å². The molecule has 1 unspecified atom stereocenters. The topological polar surface area (TPSA) is 24.5 Å². The Balaban J connectivity index is 1.94. The Morgan fingerprint density at radius 3 is 2.67 bits per heavy atom. The van der Waals surface area contributed by atoms with Crippen molar-refractivity contribution in [3.63, 3.8) is 0 Å². The number of nitrogens with one attached hydrogen (secondary N) is 1. The van der Waals surface area contributed by atoms with Gasteiger partial charge in [0.25, 0.3) is 0 Å². The first-order chi connectivity index (χ1) is 11.3. The van der Waals surface area contributed by atoms with Crippen LogP contribution >= 0.6 is 11.6 Å². The maximum atomic E-state index is 6.27. The summed E-state index contributed by atoms with van der Waals surface area (Å²) in [7, 11) is 1.75. The molecule has 3 atom stereocenters. The molecular weight excluding hydrogens is 320 g/mol. The van der Waals surface area contributed by atoms with Crippen LogP contribution in [0.5, 0.6) is 0 Å². The van der Waals surface area contributed by atoms with Gasteiger partial charge in [0.15, 0.2) is 0 Å². The first-order valence-electron chi connectivity index (χ1n) is 9.61. The van der Waals surface area contributed by atoms with Gasteiger partial charge in [0.2, 0.25) is 0 Å². The molecule has 1 heterocycles. The molecule has 1 saturated heterocycles. The van der Waals surface area contributed by atoms with E-state index in [1.54, 1.807) is 12.7 Å². The van der Waals surface area contributed by atoms with Crippen molar-refractivity contribution in [1.29, 1.82) is 0 Å². The summed E-state index contributed by atoms with van der Waals surface area (Å²) < 4.78 is 5.21. The number of hydrogen-bond donors (Lipinski definition) is 1. The summed E-state index contributed by atoms with van der Waals surface area (Å²) in [5.74, 6) is 1.34. The van der Waals surface area contributed by atoms with Gasteiger partial charge in [-0.2, -0.15) is 0 Å². The number of rotatable bonds is 7. The maximum Gasteiger partial charge on any atom is 0.0964 e. The SMILES string of the molecule is COCN[C@@H](CN1CC[C@H](C2=CCC(Cl)CC2)C(C)(C)C1)C(C)C. The Labute approximate surface area is 154 Å². The van der Waals surface area contributed by atoms with Crippen LogP contribution in [0.1, 0.15) is 53.4 Å². The molecular formula is C20H37ClN2O. The summed E-state index contributed by atoms with van der Waals surface area (Å²) in [5, 5.41) is 3.89. The van der Waals surface area contributed by atoms with E-state index in [1.807, 2.05) is 0 Å². The van der Waals surface area contributed by atoms with Gasteiger partial charge in [-0.05, 0) is 49.5 Å². The first kappa shape index (κ1) is 20.2. The number of allylic oxidation sites excluding steroid dienone is 2. The van der Waals surface area contributed by atoms with Crippen molar-refractivity contribution in [2.45, 2.75) is 64.8 Å².